The number of imidazole rings is 1. The summed E-state index contributed by atoms with van der Waals surface area (Å²) in [6.07, 6.45) is 3.21. The molecule has 0 saturated heterocycles. The molecule has 0 unspecified atom stereocenters. The van der Waals surface area contributed by atoms with Crippen molar-refractivity contribution in [2.75, 3.05) is 0 Å². The molecule has 0 amide bonds. The van der Waals surface area contributed by atoms with Crippen molar-refractivity contribution in [3.05, 3.63) is 52.1 Å². The van der Waals surface area contributed by atoms with Crippen molar-refractivity contribution in [1.82, 2.24) is 15.3 Å². The number of nitrogens with one attached hydrogen (secondary N) is 2. The van der Waals surface area contributed by atoms with Gasteiger partial charge in [0.25, 0.3) is 0 Å². The molecule has 2 rings (SSSR count). The van der Waals surface area contributed by atoms with Crippen LogP contribution in [0.4, 0.5) is 0 Å². The number of aliphatic hydroxyl groups excluding tert-OH is 1. The van der Waals surface area contributed by atoms with E-state index in [2.05, 4.69) is 22.2 Å². The van der Waals surface area contributed by atoms with Crippen molar-refractivity contribution in [1.29, 1.82) is 0 Å². The molecule has 0 saturated carbocycles. The molecule has 0 atom stereocenters. The van der Waals surface area contributed by atoms with Crippen LogP contribution in [0.5, 0.6) is 0 Å². The monoisotopic (exact) mass is 307 g/mol. The minimum atomic E-state index is 0.0813. The Labute approximate surface area is 130 Å². The maximum absolute atomic E-state index is 9.01. The summed E-state index contributed by atoms with van der Waals surface area (Å²) in [4.78, 5) is 7.62. The molecule has 0 fully saturated rings. The molecule has 3 N–H and O–H groups in total. The van der Waals surface area contributed by atoms with Crippen LogP contribution in [0.25, 0.3) is 0 Å². The number of H-pyrrole nitrogens is 1. The highest BCUT2D eigenvalue weighted by molar-refractivity contribution is 6.30. The van der Waals surface area contributed by atoms with Gasteiger partial charge >= 0.3 is 0 Å². The Morgan fingerprint density at radius 3 is 2.57 bits per heavy atom. The topological polar surface area (TPSA) is 60.9 Å². The van der Waals surface area contributed by atoms with Crippen molar-refractivity contribution >= 4 is 11.6 Å². The maximum Gasteiger partial charge on any atom is 0.151 e. The van der Waals surface area contributed by atoms with E-state index in [1.165, 1.54) is 5.56 Å². The zero-order valence-corrected chi connectivity index (χ0v) is 13.1. The third kappa shape index (κ3) is 4.84. The Bertz CT molecular complexity index is 551. The molecule has 1 heterocycles. The van der Waals surface area contributed by atoms with E-state index in [9.17, 15) is 0 Å². The van der Waals surface area contributed by atoms with Crippen LogP contribution < -0.4 is 5.32 Å². The molecule has 2 aromatic rings. The molecule has 0 aliphatic carbocycles. The van der Waals surface area contributed by atoms with Gasteiger partial charge in [0, 0.05) is 19.5 Å². The first-order valence-electron chi connectivity index (χ1n) is 7.35. The fourth-order valence-electron chi connectivity index (χ4n) is 2.11. The van der Waals surface area contributed by atoms with Gasteiger partial charge in [-0.1, -0.05) is 49.2 Å². The summed E-state index contributed by atoms with van der Waals surface area (Å²) in [6.45, 7) is 3.66. The second-order valence-electron chi connectivity index (χ2n) is 5.13. The SMILES string of the molecule is CCCCc1nc(Cl)c(CNCc2ccc(CO)cc2)[nH]1. The van der Waals surface area contributed by atoms with Gasteiger partial charge in [-0.3, -0.25) is 0 Å². The molecule has 0 spiro atoms. The second kappa shape index (κ2) is 8.17. The lowest BCUT2D eigenvalue weighted by molar-refractivity contribution is 0.282. The minimum absolute atomic E-state index is 0.0813. The van der Waals surface area contributed by atoms with Crippen molar-refractivity contribution in [3.63, 3.8) is 0 Å². The van der Waals surface area contributed by atoms with Gasteiger partial charge in [0.2, 0.25) is 0 Å². The summed E-state index contributed by atoms with van der Waals surface area (Å²) in [5.41, 5.74) is 3.04. The van der Waals surface area contributed by atoms with Crippen LogP contribution >= 0.6 is 11.6 Å². The van der Waals surface area contributed by atoms with Crippen LogP contribution in [0.2, 0.25) is 5.15 Å². The van der Waals surface area contributed by atoms with Crippen molar-refractivity contribution in [2.45, 2.75) is 45.9 Å². The summed E-state index contributed by atoms with van der Waals surface area (Å²) >= 11 is 6.14. The normalized spacial score (nSPS) is 11.0. The largest absolute Gasteiger partial charge is 0.392 e. The van der Waals surface area contributed by atoms with E-state index >= 15 is 0 Å². The third-order valence-electron chi connectivity index (χ3n) is 3.38. The van der Waals surface area contributed by atoms with E-state index in [0.717, 1.165) is 42.9 Å². The molecule has 21 heavy (non-hydrogen) atoms. The lowest BCUT2D eigenvalue weighted by Gasteiger charge is -2.05. The van der Waals surface area contributed by atoms with E-state index in [0.29, 0.717) is 11.7 Å². The molecule has 1 aromatic heterocycles. The second-order valence-corrected chi connectivity index (χ2v) is 5.49. The van der Waals surface area contributed by atoms with Crippen LogP contribution in [0.1, 0.15) is 42.4 Å². The van der Waals surface area contributed by atoms with Crippen LogP contribution in [0.15, 0.2) is 24.3 Å². The van der Waals surface area contributed by atoms with Crippen molar-refractivity contribution < 1.29 is 5.11 Å². The van der Waals surface area contributed by atoms with Crippen LogP contribution in [-0.2, 0) is 26.1 Å². The fraction of sp³-hybridized carbons (Fsp3) is 0.438. The number of benzene rings is 1. The zero-order chi connectivity index (χ0) is 15.1. The number of hydrogen-bond acceptors (Lipinski definition) is 3. The van der Waals surface area contributed by atoms with Crippen LogP contribution in [0, 0.1) is 0 Å². The van der Waals surface area contributed by atoms with Gasteiger partial charge in [0.05, 0.1) is 12.3 Å². The fourth-order valence-corrected chi connectivity index (χ4v) is 2.33. The first-order chi connectivity index (χ1) is 10.2. The average molecular weight is 308 g/mol. The lowest BCUT2D eigenvalue weighted by Crippen LogP contribution is -2.13. The number of aliphatic hydroxyl groups is 1. The smallest absolute Gasteiger partial charge is 0.151 e. The summed E-state index contributed by atoms with van der Waals surface area (Å²) in [5.74, 6) is 0.964. The number of rotatable bonds is 8. The van der Waals surface area contributed by atoms with Gasteiger partial charge in [0.1, 0.15) is 5.82 Å². The van der Waals surface area contributed by atoms with Gasteiger partial charge in [0.15, 0.2) is 5.15 Å². The Kier molecular flexibility index (Phi) is 6.23. The van der Waals surface area contributed by atoms with Crippen molar-refractivity contribution in [3.8, 4) is 0 Å². The van der Waals surface area contributed by atoms with Gasteiger partial charge in [-0.25, -0.2) is 4.98 Å². The Morgan fingerprint density at radius 1 is 1.19 bits per heavy atom. The number of aryl methyl sites for hydroxylation is 1. The summed E-state index contributed by atoms with van der Waals surface area (Å²) < 4.78 is 0. The van der Waals surface area contributed by atoms with Gasteiger partial charge in [-0.05, 0) is 17.5 Å². The molecular weight excluding hydrogens is 286 g/mol. The predicted octanol–water partition coefficient (Wildman–Crippen LogP) is 3.19. The Hall–Kier alpha value is -1.36. The standard InChI is InChI=1S/C16H22ClN3O/c1-2-3-4-15-19-14(16(17)20-15)10-18-9-12-5-7-13(11-21)8-6-12/h5-8,18,21H,2-4,9-11H2,1H3,(H,19,20). The van der Waals surface area contributed by atoms with E-state index < -0.39 is 0 Å². The Balaban J connectivity index is 1.83. The highest BCUT2D eigenvalue weighted by Gasteiger charge is 2.07. The maximum atomic E-state index is 9.01. The molecular formula is C16H22ClN3O. The molecule has 0 radical (unpaired) electrons. The lowest BCUT2D eigenvalue weighted by atomic mass is 10.1. The molecule has 1 aromatic carbocycles. The summed E-state index contributed by atoms with van der Waals surface area (Å²) in [7, 11) is 0. The molecule has 5 heteroatoms. The first-order valence-corrected chi connectivity index (χ1v) is 7.73. The number of aromatic nitrogens is 2. The molecule has 0 bridgehead atoms. The molecule has 4 nitrogen and oxygen atoms in total. The Morgan fingerprint density at radius 2 is 1.90 bits per heavy atom. The minimum Gasteiger partial charge on any atom is -0.392 e. The van der Waals surface area contributed by atoms with E-state index in [-0.39, 0.29) is 6.61 Å². The number of nitrogens with zero attached hydrogens (tertiary/aromatic N) is 1. The highest BCUT2D eigenvalue weighted by atomic mass is 35.5. The van der Waals surface area contributed by atoms with E-state index in [4.69, 9.17) is 16.7 Å². The number of unbranched alkanes of at least 4 members (excludes halogenated alkanes) is 1. The van der Waals surface area contributed by atoms with Gasteiger partial charge in [-0.15, -0.1) is 0 Å². The van der Waals surface area contributed by atoms with Crippen molar-refractivity contribution in [2.24, 2.45) is 0 Å². The zero-order valence-electron chi connectivity index (χ0n) is 12.3. The van der Waals surface area contributed by atoms with Crippen LogP contribution in [-0.4, -0.2) is 15.1 Å². The van der Waals surface area contributed by atoms with Gasteiger partial charge < -0.3 is 15.4 Å². The average Bonchev–Trinajstić information content (AvgIpc) is 2.86. The quantitative estimate of drug-likeness (QED) is 0.702. The summed E-state index contributed by atoms with van der Waals surface area (Å²) in [6, 6.07) is 7.89. The number of aromatic amines is 1. The third-order valence-corrected chi connectivity index (χ3v) is 3.69. The number of halogens is 1. The van der Waals surface area contributed by atoms with E-state index in [1.807, 2.05) is 24.3 Å². The van der Waals surface area contributed by atoms with E-state index in [1.54, 1.807) is 0 Å². The number of hydrogen-bond donors (Lipinski definition) is 3. The van der Waals surface area contributed by atoms with Crippen LogP contribution in [0.3, 0.4) is 0 Å². The molecule has 114 valence electrons. The first kappa shape index (κ1) is 16.0. The molecule has 0 aliphatic rings. The summed E-state index contributed by atoms with van der Waals surface area (Å²) in [5, 5.41) is 12.9. The predicted molar refractivity (Wildman–Crippen MR) is 85.1 cm³/mol. The molecule has 0 aliphatic heterocycles. The van der Waals surface area contributed by atoms with Gasteiger partial charge in [-0.2, -0.15) is 0 Å². The highest BCUT2D eigenvalue weighted by Crippen LogP contribution is 2.14.